The number of carboxylic acids is 1. The van der Waals surface area contributed by atoms with Gasteiger partial charge in [0, 0.05) is 11.4 Å². The molecule has 0 bridgehead atoms. The van der Waals surface area contributed by atoms with Crippen LogP contribution < -0.4 is 4.74 Å². The molecule has 1 saturated heterocycles. The highest BCUT2D eigenvalue weighted by atomic mass is 32.1. The van der Waals surface area contributed by atoms with Crippen LogP contribution in [0.3, 0.4) is 0 Å². The van der Waals surface area contributed by atoms with Gasteiger partial charge in [-0.3, -0.25) is 9.69 Å². The van der Waals surface area contributed by atoms with Crippen LogP contribution in [-0.2, 0) is 4.79 Å². The Hall–Kier alpha value is -1.85. The zero-order chi connectivity index (χ0) is 16.9. The Morgan fingerprint density at radius 1 is 1.38 bits per heavy atom. The quantitative estimate of drug-likeness (QED) is 0.859. The van der Waals surface area contributed by atoms with Crippen molar-refractivity contribution >= 4 is 17.3 Å². The molecule has 1 fully saturated rings. The van der Waals surface area contributed by atoms with Crippen LogP contribution in [0.15, 0.2) is 41.8 Å². The van der Waals surface area contributed by atoms with Crippen molar-refractivity contribution < 1.29 is 14.6 Å². The molecule has 0 saturated carbocycles. The lowest BCUT2D eigenvalue weighted by Crippen LogP contribution is -2.41. The summed E-state index contributed by atoms with van der Waals surface area (Å²) in [6.45, 7) is 4.16. The van der Waals surface area contributed by atoms with Crippen molar-refractivity contribution in [3.63, 3.8) is 0 Å². The van der Waals surface area contributed by atoms with Crippen LogP contribution in [0.5, 0.6) is 5.75 Å². The fourth-order valence-electron chi connectivity index (χ4n) is 3.36. The second-order valence-corrected chi connectivity index (χ2v) is 7.07. The van der Waals surface area contributed by atoms with Crippen LogP contribution >= 0.6 is 11.3 Å². The standard InChI is InChI=1S/C19H23NO3S/c1-2-23-16-9-7-14(8-10-16)18(17-6-4-12-24-17)20-11-3-5-15(13-20)19(21)22/h4,6-10,12,15,18H,2-3,5,11,13H2,1H3,(H,21,22). The van der Waals surface area contributed by atoms with E-state index in [1.165, 1.54) is 10.4 Å². The normalized spacial score (nSPS) is 19.8. The van der Waals surface area contributed by atoms with Gasteiger partial charge in [0.15, 0.2) is 0 Å². The third-order valence-electron chi connectivity index (χ3n) is 4.49. The van der Waals surface area contributed by atoms with E-state index in [9.17, 15) is 9.90 Å². The lowest BCUT2D eigenvalue weighted by Gasteiger charge is -2.37. The molecule has 1 N–H and O–H groups in total. The molecule has 4 nitrogen and oxygen atoms in total. The topological polar surface area (TPSA) is 49.8 Å². The molecule has 2 unspecified atom stereocenters. The number of piperidine rings is 1. The molecule has 3 rings (SSSR count). The molecule has 0 amide bonds. The summed E-state index contributed by atoms with van der Waals surface area (Å²) >= 11 is 1.72. The maximum Gasteiger partial charge on any atom is 0.307 e. The van der Waals surface area contributed by atoms with Crippen LogP contribution in [0, 0.1) is 5.92 Å². The summed E-state index contributed by atoms with van der Waals surface area (Å²) in [6, 6.07) is 12.5. The minimum Gasteiger partial charge on any atom is -0.494 e. The van der Waals surface area contributed by atoms with Gasteiger partial charge >= 0.3 is 5.97 Å². The SMILES string of the molecule is CCOc1ccc(C(c2cccs2)N2CCCC(C(=O)O)C2)cc1. The van der Waals surface area contributed by atoms with Gasteiger partial charge in [-0.15, -0.1) is 11.3 Å². The first-order valence-electron chi connectivity index (χ1n) is 8.42. The number of nitrogens with zero attached hydrogens (tertiary/aromatic N) is 1. The van der Waals surface area contributed by atoms with E-state index >= 15 is 0 Å². The number of hydrogen-bond acceptors (Lipinski definition) is 4. The molecule has 2 atom stereocenters. The van der Waals surface area contributed by atoms with Crippen LogP contribution in [0.2, 0.25) is 0 Å². The average Bonchev–Trinajstić information content (AvgIpc) is 3.11. The molecule has 1 aromatic heterocycles. The van der Waals surface area contributed by atoms with Crippen molar-refractivity contribution in [2.75, 3.05) is 19.7 Å². The van der Waals surface area contributed by atoms with E-state index in [2.05, 4.69) is 34.5 Å². The highest BCUT2D eigenvalue weighted by Gasteiger charge is 2.31. The Morgan fingerprint density at radius 3 is 2.79 bits per heavy atom. The maximum atomic E-state index is 11.4. The molecule has 1 aliphatic rings. The monoisotopic (exact) mass is 345 g/mol. The first-order chi connectivity index (χ1) is 11.7. The van der Waals surface area contributed by atoms with Crippen molar-refractivity contribution in [2.45, 2.75) is 25.8 Å². The Balaban J connectivity index is 1.88. The summed E-state index contributed by atoms with van der Waals surface area (Å²) in [6.07, 6.45) is 1.70. The van der Waals surface area contributed by atoms with Crippen molar-refractivity contribution in [1.82, 2.24) is 4.90 Å². The largest absolute Gasteiger partial charge is 0.494 e. The molecular formula is C19H23NO3S. The summed E-state index contributed by atoms with van der Waals surface area (Å²) in [7, 11) is 0. The van der Waals surface area contributed by atoms with Gasteiger partial charge in [-0.2, -0.15) is 0 Å². The average molecular weight is 345 g/mol. The van der Waals surface area contributed by atoms with Gasteiger partial charge < -0.3 is 9.84 Å². The molecule has 5 heteroatoms. The van der Waals surface area contributed by atoms with Gasteiger partial charge in [0.05, 0.1) is 18.6 Å². The number of ether oxygens (including phenoxy) is 1. The van der Waals surface area contributed by atoms with Crippen molar-refractivity contribution in [2.24, 2.45) is 5.92 Å². The number of carboxylic acid groups (broad SMARTS) is 1. The number of carbonyl (C=O) groups is 1. The lowest BCUT2D eigenvalue weighted by molar-refractivity contribution is -0.143. The van der Waals surface area contributed by atoms with Crippen LogP contribution in [0.4, 0.5) is 0 Å². The Labute approximate surface area is 146 Å². The van der Waals surface area contributed by atoms with Gasteiger partial charge in [-0.25, -0.2) is 0 Å². The first kappa shape index (κ1) is 17.0. The molecular weight excluding hydrogens is 322 g/mol. The number of rotatable bonds is 6. The smallest absolute Gasteiger partial charge is 0.307 e. The fraction of sp³-hybridized carbons (Fsp3) is 0.421. The molecule has 0 radical (unpaired) electrons. The minimum atomic E-state index is -0.684. The number of hydrogen-bond donors (Lipinski definition) is 1. The Bertz CT molecular complexity index is 654. The Morgan fingerprint density at radius 2 is 2.17 bits per heavy atom. The second-order valence-electron chi connectivity index (χ2n) is 6.09. The van der Waals surface area contributed by atoms with Crippen molar-refractivity contribution in [3.05, 3.63) is 52.2 Å². The molecule has 0 spiro atoms. The molecule has 2 aromatic rings. The fourth-order valence-corrected chi connectivity index (χ4v) is 4.24. The van der Waals surface area contributed by atoms with E-state index < -0.39 is 5.97 Å². The predicted molar refractivity (Wildman–Crippen MR) is 95.7 cm³/mol. The third kappa shape index (κ3) is 3.79. The Kier molecular flexibility index (Phi) is 5.53. The summed E-state index contributed by atoms with van der Waals surface area (Å²) in [5.74, 6) is -0.0894. The van der Waals surface area contributed by atoms with E-state index in [0.29, 0.717) is 13.2 Å². The molecule has 24 heavy (non-hydrogen) atoms. The number of benzene rings is 1. The van der Waals surface area contributed by atoms with E-state index in [0.717, 1.165) is 25.1 Å². The predicted octanol–water partition coefficient (Wildman–Crippen LogP) is 4.03. The van der Waals surface area contributed by atoms with Crippen molar-refractivity contribution in [3.8, 4) is 5.75 Å². The zero-order valence-corrected chi connectivity index (χ0v) is 14.7. The third-order valence-corrected chi connectivity index (χ3v) is 5.41. The van der Waals surface area contributed by atoms with Gasteiger partial charge in [-0.1, -0.05) is 18.2 Å². The molecule has 0 aliphatic carbocycles. The summed E-state index contributed by atoms with van der Waals surface area (Å²) < 4.78 is 5.54. The highest BCUT2D eigenvalue weighted by molar-refractivity contribution is 7.10. The molecule has 128 valence electrons. The van der Waals surface area contributed by atoms with Crippen molar-refractivity contribution in [1.29, 1.82) is 0 Å². The number of likely N-dealkylation sites (tertiary alicyclic amines) is 1. The summed E-state index contributed by atoms with van der Waals surface area (Å²) in [4.78, 5) is 15.0. The molecule has 1 aromatic carbocycles. The lowest BCUT2D eigenvalue weighted by atomic mass is 9.94. The number of thiophene rings is 1. The van der Waals surface area contributed by atoms with Crippen LogP contribution in [0.25, 0.3) is 0 Å². The van der Waals surface area contributed by atoms with Gasteiger partial charge in [0.2, 0.25) is 0 Å². The zero-order valence-electron chi connectivity index (χ0n) is 13.9. The van der Waals surface area contributed by atoms with E-state index in [1.54, 1.807) is 11.3 Å². The minimum absolute atomic E-state index is 0.114. The molecule has 1 aliphatic heterocycles. The summed E-state index contributed by atoms with van der Waals surface area (Å²) in [5.41, 5.74) is 1.19. The number of aliphatic carboxylic acids is 1. The highest BCUT2D eigenvalue weighted by Crippen LogP contribution is 2.35. The summed E-state index contributed by atoms with van der Waals surface area (Å²) in [5, 5.41) is 11.5. The van der Waals surface area contributed by atoms with E-state index in [4.69, 9.17) is 4.74 Å². The van der Waals surface area contributed by atoms with E-state index in [-0.39, 0.29) is 12.0 Å². The van der Waals surface area contributed by atoms with Crippen LogP contribution in [-0.4, -0.2) is 35.7 Å². The van der Waals surface area contributed by atoms with E-state index in [1.807, 2.05) is 19.1 Å². The van der Waals surface area contributed by atoms with Gasteiger partial charge in [-0.05, 0) is 55.5 Å². The molecule has 2 heterocycles. The second kappa shape index (κ2) is 7.81. The first-order valence-corrected chi connectivity index (χ1v) is 9.30. The van der Waals surface area contributed by atoms with Gasteiger partial charge in [0.1, 0.15) is 5.75 Å². The maximum absolute atomic E-state index is 11.4. The van der Waals surface area contributed by atoms with Gasteiger partial charge in [0.25, 0.3) is 0 Å². The van der Waals surface area contributed by atoms with Crippen LogP contribution in [0.1, 0.15) is 36.2 Å².